The normalized spacial score (nSPS) is 14.7. The van der Waals surface area contributed by atoms with E-state index in [0.717, 1.165) is 25.9 Å². The summed E-state index contributed by atoms with van der Waals surface area (Å²) in [4.78, 5) is 20.9. The fourth-order valence-corrected chi connectivity index (χ4v) is 4.62. The van der Waals surface area contributed by atoms with Gasteiger partial charge in [-0.1, -0.05) is 26.7 Å². The van der Waals surface area contributed by atoms with Crippen molar-refractivity contribution in [2.45, 2.75) is 39.5 Å². The molecule has 4 N–H and O–H groups in total. The average molecular weight is 409 g/mol. The van der Waals surface area contributed by atoms with Gasteiger partial charge < -0.3 is 13.8 Å². The number of carbonyl (C=O) groups excluding carboxylic acids is 2. The van der Waals surface area contributed by atoms with Gasteiger partial charge in [-0.2, -0.15) is 12.8 Å². The molecule has 0 spiro atoms. The Morgan fingerprint density at radius 3 is 1.43 bits per heavy atom. The van der Waals surface area contributed by atoms with Crippen molar-refractivity contribution < 1.29 is 19.8 Å². The third-order valence-corrected chi connectivity index (χ3v) is 6.09. The standard InChI is InChI=1S/C6H10N2O4.2C4H9.Sn/c9-5(10)3-7-1-2-8-4-6(11)12;2*1-3-4-2;/h1-4H2,(H,9,10)(H,11,12);2*1,3-4H2,2H3;/q-2;2*-1;+2/p+2. The molecule has 0 aromatic heterocycles. The van der Waals surface area contributed by atoms with Gasteiger partial charge in [-0.05, 0) is 0 Å². The minimum Gasteiger partial charge on any atom is -0.343 e. The summed E-state index contributed by atoms with van der Waals surface area (Å²) in [7, 11) is 0. The first kappa shape index (κ1) is 22.9. The van der Waals surface area contributed by atoms with Gasteiger partial charge in [-0.15, -0.1) is 0 Å². The Balaban J connectivity index is 0. The van der Waals surface area contributed by atoms with Crippen LogP contribution in [0, 0.1) is 13.8 Å². The average Bonchev–Trinajstić information content (AvgIpc) is 2.84. The molecule has 0 atom stereocenters. The summed E-state index contributed by atoms with van der Waals surface area (Å²) < 4.78 is 3.92. The van der Waals surface area contributed by atoms with Crippen LogP contribution in [0.15, 0.2) is 0 Å². The number of carbonyl (C=O) groups is 2. The Labute approximate surface area is 139 Å². The zero-order chi connectivity index (χ0) is 16.7. The Kier molecular flexibility index (Phi) is 17.5. The van der Waals surface area contributed by atoms with Gasteiger partial charge in [0.15, 0.2) is 0 Å². The summed E-state index contributed by atoms with van der Waals surface area (Å²) in [5, 5.41) is 13.5. The van der Waals surface area contributed by atoms with E-state index in [1.165, 1.54) is 12.8 Å². The van der Waals surface area contributed by atoms with Gasteiger partial charge >= 0.3 is 85.9 Å². The second-order valence-electron chi connectivity index (χ2n) is 4.50. The van der Waals surface area contributed by atoms with Crippen LogP contribution in [0.2, 0.25) is 0 Å². The molecule has 0 aliphatic carbocycles. The van der Waals surface area contributed by atoms with Crippen LogP contribution in [0.4, 0.5) is 0 Å². The summed E-state index contributed by atoms with van der Waals surface area (Å²) in [5.41, 5.74) is 0. The van der Waals surface area contributed by atoms with Crippen LogP contribution in [0.25, 0.3) is 0 Å². The molecule has 0 amide bonds. The van der Waals surface area contributed by atoms with Gasteiger partial charge in [-0.25, -0.2) is 0 Å². The molecule has 7 heteroatoms. The first-order valence-electron chi connectivity index (χ1n) is 7.24. The molecule has 1 saturated heterocycles. The Morgan fingerprint density at radius 1 is 0.952 bits per heavy atom. The van der Waals surface area contributed by atoms with Gasteiger partial charge in [0, 0.05) is 0 Å². The summed E-state index contributed by atoms with van der Waals surface area (Å²) in [6.45, 7) is 13.4. The Morgan fingerprint density at radius 2 is 1.24 bits per heavy atom. The van der Waals surface area contributed by atoms with Crippen LogP contribution in [-0.2, 0) is 9.59 Å². The number of hydrogen-bond donors (Lipinski definition) is 0. The molecule has 0 aromatic carbocycles. The zero-order valence-corrected chi connectivity index (χ0v) is 16.1. The van der Waals surface area contributed by atoms with E-state index in [9.17, 15) is 9.59 Å². The predicted molar refractivity (Wildman–Crippen MR) is 86.7 cm³/mol. The molecular weight excluding hydrogens is 379 g/mol. The molecule has 21 heavy (non-hydrogen) atoms. The Hall–Kier alpha value is -0.341. The van der Waals surface area contributed by atoms with E-state index in [1.54, 1.807) is 0 Å². The number of unbranched alkanes of at least 4 members (excludes halogenated alkanes) is 2. The first-order valence-corrected chi connectivity index (χ1v) is 9.79. The molecule has 0 saturated carbocycles. The zero-order valence-electron chi connectivity index (χ0n) is 13.3. The maximum Gasteiger partial charge on any atom is -0.0678 e. The van der Waals surface area contributed by atoms with Crippen molar-refractivity contribution in [2.75, 3.05) is 26.2 Å². The molecule has 1 rings (SSSR count). The molecule has 124 valence electrons. The van der Waals surface area contributed by atoms with Crippen LogP contribution in [0.1, 0.15) is 39.5 Å². The molecule has 6 nitrogen and oxygen atoms in total. The third kappa shape index (κ3) is 17.6. The molecule has 1 fully saturated rings. The maximum absolute atomic E-state index is 10.5. The summed E-state index contributed by atoms with van der Waals surface area (Å²) >= 11 is -1.01. The van der Waals surface area contributed by atoms with Crippen molar-refractivity contribution in [3.63, 3.8) is 0 Å². The van der Waals surface area contributed by atoms with Crippen LogP contribution >= 0.6 is 0 Å². The quantitative estimate of drug-likeness (QED) is 0.348. The topological polar surface area (TPSA) is 86.4 Å². The van der Waals surface area contributed by atoms with E-state index in [-0.39, 0.29) is 13.1 Å². The van der Waals surface area contributed by atoms with Crippen molar-refractivity contribution >= 4 is 33.6 Å². The van der Waals surface area contributed by atoms with Crippen LogP contribution in [0.3, 0.4) is 0 Å². The first-order chi connectivity index (χ1) is 9.90. The number of nitrogens with zero attached hydrogens (tertiary/aromatic N) is 2. The van der Waals surface area contributed by atoms with E-state index in [0.29, 0.717) is 0 Å². The molecule has 1 heterocycles. The van der Waals surface area contributed by atoms with Gasteiger partial charge in [-0.3, -0.25) is 0 Å². The largest absolute Gasteiger partial charge is 0.343 e. The smallest absolute Gasteiger partial charge is 0.0678 e. The monoisotopic (exact) mass is 410 g/mol. The van der Waals surface area contributed by atoms with Crippen molar-refractivity contribution in [3.05, 3.63) is 13.8 Å². The van der Waals surface area contributed by atoms with E-state index < -0.39 is 33.6 Å². The molecule has 0 unspecified atom stereocenters. The fourth-order valence-electron chi connectivity index (χ4n) is 1.12. The number of hydrogen-bond acceptors (Lipinski definition) is 4. The maximum atomic E-state index is 10.5. The van der Waals surface area contributed by atoms with Gasteiger partial charge in [0.1, 0.15) is 0 Å². The number of rotatable bonds is 6. The van der Waals surface area contributed by atoms with E-state index in [4.69, 9.17) is 10.2 Å². The van der Waals surface area contributed by atoms with E-state index in [2.05, 4.69) is 27.7 Å². The Bertz CT molecular complexity index is 248. The second kappa shape index (κ2) is 16.0. The van der Waals surface area contributed by atoms with Crippen LogP contribution < -0.4 is 0 Å². The second-order valence-corrected chi connectivity index (χ2v) is 8.68. The van der Waals surface area contributed by atoms with Gasteiger partial charge in [0.2, 0.25) is 0 Å². The van der Waals surface area contributed by atoms with Gasteiger partial charge in [0.25, 0.3) is 0 Å². The van der Waals surface area contributed by atoms with Gasteiger partial charge in [0.05, 0.1) is 0 Å². The SMILES string of the molecule is O=C([OH2+])C[N]1CC[N](CC(=O)[OH2+])[Sn]1.[CH2-]CCC.[CH2-]CCC. The van der Waals surface area contributed by atoms with Crippen molar-refractivity contribution in [1.82, 2.24) is 6.24 Å². The summed E-state index contributed by atoms with van der Waals surface area (Å²) in [6, 6.07) is 0. The molecule has 0 aromatic rings. The van der Waals surface area contributed by atoms with Crippen molar-refractivity contribution in [3.8, 4) is 0 Å². The molecule has 1 aliphatic rings. The molecule has 0 bridgehead atoms. The van der Waals surface area contributed by atoms with Crippen molar-refractivity contribution in [1.29, 1.82) is 0 Å². The molecule has 2 radical (unpaired) electrons. The predicted octanol–water partition coefficient (Wildman–Crippen LogP) is -0.118. The minimum absolute atomic E-state index is 0.189. The van der Waals surface area contributed by atoms with Crippen molar-refractivity contribution in [2.24, 2.45) is 0 Å². The molecular formula is C14H30N2O4Sn. The fraction of sp³-hybridized carbons (Fsp3) is 0.714. The summed E-state index contributed by atoms with van der Waals surface area (Å²) in [5.74, 6) is -1.14. The third-order valence-electron chi connectivity index (χ3n) is 2.30. The van der Waals surface area contributed by atoms with E-state index >= 15 is 0 Å². The van der Waals surface area contributed by atoms with Crippen LogP contribution in [-0.4, -0.2) is 76.3 Å². The molecule has 1 aliphatic heterocycles. The van der Waals surface area contributed by atoms with Crippen LogP contribution in [0.5, 0.6) is 0 Å². The summed E-state index contributed by atoms with van der Waals surface area (Å²) in [6.07, 6.45) is 4.56. The minimum atomic E-state index is -1.01. The van der Waals surface area contributed by atoms with E-state index in [1.807, 2.05) is 6.24 Å².